The summed E-state index contributed by atoms with van der Waals surface area (Å²) in [5, 5.41) is 18.1. The van der Waals surface area contributed by atoms with Crippen molar-refractivity contribution in [3.63, 3.8) is 0 Å². The van der Waals surface area contributed by atoms with Gasteiger partial charge in [-0.2, -0.15) is 0 Å². The second-order valence-corrected chi connectivity index (χ2v) is 2.59. The maximum absolute atomic E-state index is 10.7. The highest BCUT2D eigenvalue weighted by Crippen LogP contribution is 2.25. The van der Waals surface area contributed by atoms with Crippen LogP contribution in [0.15, 0.2) is 24.3 Å². The van der Waals surface area contributed by atoms with Gasteiger partial charge in [0.05, 0.1) is 0 Å². The van der Waals surface area contributed by atoms with E-state index in [1.165, 1.54) is 24.3 Å². The highest BCUT2D eigenvalue weighted by molar-refractivity contribution is 5.91. The molecule has 1 rings (SSSR count). The Morgan fingerprint density at radius 2 is 2.00 bits per heavy atom. The average Bonchev–Trinajstić information content (AvgIpc) is 2.19. The molecule has 0 heterocycles. The Morgan fingerprint density at radius 3 is 2.53 bits per heavy atom. The lowest BCUT2D eigenvalue weighted by Crippen LogP contribution is -2.27. The van der Waals surface area contributed by atoms with Crippen molar-refractivity contribution in [2.45, 2.75) is 0 Å². The Balaban J connectivity index is 0.00000196. The van der Waals surface area contributed by atoms with Crippen LogP contribution in [0.5, 0.6) is 11.5 Å². The maximum Gasteiger partial charge on any atom is 0.257 e. The molecule has 6 heteroatoms. The van der Waals surface area contributed by atoms with Gasteiger partial charge >= 0.3 is 0 Å². The minimum absolute atomic E-state index is 0. The topological polar surface area (TPSA) is 127 Å². The molecule has 0 aliphatic carbocycles. The Hall–Kier alpha value is -2.05. The van der Waals surface area contributed by atoms with Crippen molar-refractivity contribution in [3.05, 3.63) is 29.8 Å². The Bertz CT molecular complexity index is 376. The number of nitrogens with one attached hydrogen (secondary N) is 1. The predicted molar refractivity (Wildman–Crippen MR) is 54.7 cm³/mol. The lowest BCUT2D eigenvalue weighted by molar-refractivity contribution is -0.116. The summed E-state index contributed by atoms with van der Waals surface area (Å²) < 4.78 is 0. The molecule has 0 bridgehead atoms. The van der Waals surface area contributed by atoms with Crippen LogP contribution in [-0.2, 0) is 4.79 Å². The van der Waals surface area contributed by atoms with E-state index in [9.17, 15) is 4.79 Å². The van der Waals surface area contributed by atoms with Crippen LogP contribution in [0.1, 0.15) is 5.56 Å². The highest BCUT2D eigenvalue weighted by atomic mass is 16.3. The molecule has 0 aliphatic heterocycles. The zero-order chi connectivity index (χ0) is 10.6. The summed E-state index contributed by atoms with van der Waals surface area (Å²) in [6.07, 6.45) is 2.67. The van der Waals surface area contributed by atoms with Gasteiger partial charge in [-0.15, -0.1) is 0 Å². The quantitative estimate of drug-likeness (QED) is 0.169. The van der Waals surface area contributed by atoms with E-state index in [0.29, 0.717) is 5.56 Å². The van der Waals surface area contributed by atoms with Crippen LogP contribution < -0.4 is 11.3 Å². The SMILES string of the molecule is NNC(=O)C=Cc1ccc(O)c(O)c1.O. The van der Waals surface area contributed by atoms with Gasteiger partial charge in [-0.05, 0) is 23.8 Å². The number of phenolic OH excluding ortho intramolecular Hbond substituents is 2. The molecule has 0 atom stereocenters. The molecule has 0 aromatic heterocycles. The number of aromatic hydroxyl groups is 2. The molecule has 0 radical (unpaired) electrons. The van der Waals surface area contributed by atoms with Gasteiger partial charge in [-0.3, -0.25) is 10.2 Å². The van der Waals surface area contributed by atoms with Crippen molar-refractivity contribution in [1.82, 2.24) is 5.43 Å². The summed E-state index contributed by atoms with van der Waals surface area (Å²) in [5.41, 5.74) is 2.51. The summed E-state index contributed by atoms with van der Waals surface area (Å²) in [5.74, 6) is 3.96. The molecule has 1 aromatic carbocycles. The fourth-order valence-electron chi connectivity index (χ4n) is 0.864. The van der Waals surface area contributed by atoms with Gasteiger partial charge in [0.25, 0.3) is 5.91 Å². The molecule has 0 fully saturated rings. The van der Waals surface area contributed by atoms with Crippen LogP contribution in [-0.4, -0.2) is 21.6 Å². The minimum atomic E-state index is -0.447. The summed E-state index contributed by atoms with van der Waals surface area (Å²) in [6.45, 7) is 0. The standard InChI is InChI=1S/C9H10N2O3.H2O/c10-11-9(14)4-2-6-1-3-7(12)8(13)5-6;/h1-5,12-13H,10H2,(H,11,14);1H2. The maximum atomic E-state index is 10.7. The molecule has 0 aliphatic rings. The first-order valence-electron chi connectivity index (χ1n) is 3.84. The van der Waals surface area contributed by atoms with E-state index in [1.807, 2.05) is 5.43 Å². The van der Waals surface area contributed by atoms with Crippen LogP contribution in [0.25, 0.3) is 6.08 Å². The fourth-order valence-corrected chi connectivity index (χ4v) is 0.864. The van der Waals surface area contributed by atoms with Gasteiger partial charge in [0.2, 0.25) is 0 Å². The van der Waals surface area contributed by atoms with Crippen molar-refractivity contribution in [3.8, 4) is 11.5 Å². The van der Waals surface area contributed by atoms with Gasteiger partial charge in [0, 0.05) is 6.08 Å². The molecule has 0 spiro atoms. The lowest BCUT2D eigenvalue weighted by atomic mass is 10.2. The highest BCUT2D eigenvalue weighted by Gasteiger charge is 1.98. The van der Waals surface area contributed by atoms with Gasteiger partial charge in [0.1, 0.15) is 0 Å². The number of benzene rings is 1. The van der Waals surface area contributed by atoms with E-state index < -0.39 is 5.91 Å². The first-order valence-corrected chi connectivity index (χ1v) is 3.84. The number of hydrogen-bond acceptors (Lipinski definition) is 4. The molecule has 1 amide bonds. The van der Waals surface area contributed by atoms with Crippen molar-refractivity contribution < 1.29 is 20.5 Å². The Labute approximate surface area is 85.9 Å². The van der Waals surface area contributed by atoms with Gasteiger partial charge in [-0.25, -0.2) is 5.84 Å². The van der Waals surface area contributed by atoms with Gasteiger partial charge < -0.3 is 15.7 Å². The number of hydrogen-bond donors (Lipinski definition) is 4. The zero-order valence-corrected chi connectivity index (χ0v) is 7.77. The third-order valence-electron chi connectivity index (χ3n) is 1.57. The van der Waals surface area contributed by atoms with Gasteiger partial charge in [0.15, 0.2) is 11.5 Å². The summed E-state index contributed by atoms with van der Waals surface area (Å²) >= 11 is 0. The van der Waals surface area contributed by atoms with Crippen LogP contribution in [0.2, 0.25) is 0 Å². The Morgan fingerprint density at radius 1 is 1.33 bits per heavy atom. The first kappa shape index (κ1) is 12.9. The van der Waals surface area contributed by atoms with E-state index >= 15 is 0 Å². The van der Waals surface area contributed by atoms with E-state index in [1.54, 1.807) is 6.07 Å². The molecule has 0 saturated carbocycles. The smallest absolute Gasteiger partial charge is 0.257 e. The van der Waals surface area contributed by atoms with Crippen molar-refractivity contribution >= 4 is 12.0 Å². The monoisotopic (exact) mass is 212 g/mol. The molecule has 0 unspecified atom stereocenters. The second-order valence-electron chi connectivity index (χ2n) is 2.59. The number of amides is 1. The normalized spacial score (nSPS) is 9.67. The summed E-state index contributed by atoms with van der Waals surface area (Å²) in [4.78, 5) is 10.7. The third-order valence-corrected chi connectivity index (χ3v) is 1.57. The summed E-state index contributed by atoms with van der Waals surface area (Å²) in [7, 11) is 0. The summed E-state index contributed by atoms with van der Waals surface area (Å²) in [6, 6.07) is 4.21. The molecule has 82 valence electrons. The number of carbonyl (C=O) groups excluding carboxylic acids is 1. The van der Waals surface area contributed by atoms with Crippen molar-refractivity contribution in [2.75, 3.05) is 0 Å². The minimum Gasteiger partial charge on any atom is -0.504 e. The van der Waals surface area contributed by atoms with Crippen molar-refractivity contribution in [1.29, 1.82) is 0 Å². The number of nitrogens with two attached hydrogens (primary N) is 1. The second kappa shape index (κ2) is 5.63. The predicted octanol–water partition coefficient (Wildman–Crippen LogP) is -0.724. The molecule has 6 nitrogen and oxygen atoms in total. The molecular weight excluding hydrogens is 200 g/mol. The first-order chi connectivity index (χ1) is 6.63. The van der Waals surface area contributed by atoms with E-state index in [2.05, 4.69) is 0 Å². The van der Waals surface area contributed by atoms with E-state index in [0.717, 1.165) is 0 Å². The third kappa shape index (κ3) is 3.67. The molecule has 15 heavy (non-hydrogen) atoms. The molecule has 7 N–H and O–H groups in total. The zero-order valence-electron chi connectivity index (χ0n) is 7.77. The molecular formula is C9H12N2O4. The molecule has 0 saturated heterocycles. The van der Waals surface area contributed by atoms with E-state index in [4.69, 9.17) is 16.1 Å². The number of phenols is 2. The molecule has 1 aromatic rings. The Kier molecular flexibility index (Phi) is 4.86. The fraction of sp³-hybridized carbons (Fsp3) is 0. The number of carbonyl (C=O) groups is 1. The lowest BCUT2D eigenvalue weighted by Gasteiger charge is -1.98. The van der Waals surface area contributed by atoms with Crippen LogP contribution in [0, 0.1) is 0 Å². The van der Waals surface area contributed by atoms with Crippen LogP contribution >= 0.6 is 0 Å². The largest absolute Gasteiger partial charge is 0.504 e. The van der Waals surface area contributed by atoms with Gasteiger partial charge in [-0.1, -0.05) is 6.07 Å². The average molecular weight is 212 g/mol. The van der Waals surface area contributed by atoms with Crippen LogP contribution in [0.4, 0.5) is 0 Å². The number of rotatable bonds is 2. The van der Waals surface area contributed by atoms with Crippen molar-refractivity contribution in [2.24, 2.45) is 5.84 Å². The van der Waals surface area contributed by atoms with E-state index in [-0.39, 0.29) is 17.0 Å². The number of hydrazine groups is 1. The van der Waals surface area contributed by atoms with Crippen LogP contribution in [0.3, 0.4) is 0 Å².